The van der Waals surface area contributed by atoms with E-state index in [9.17, 15) is 10.2 Å². The Morgan fingerprint density at radius 3 is 2.79 bits per heavy atom. The van der Waals surface area contributed by atoms with Crippen molar-refractivity contribution in [3.05, 3.63) is 64.8 Å². The number of phenols is 1. The van der Waals surface area contributed by atoms with Crippen LogP contribution in [0.3, 0.4) is 0 Å². The summed E-state index contributed by atoms with van der Waals surface area (Å²) in [6.07, 6.45) is 5.69. The molecule has 1 heterocycles. The molecule has 2 aromatic rings. The van der Waals surface area contributed by atoms with Crippen molar-refractivity contribution in [3.8, 4) is 16.2 Å². The van der Waals surface area contributed by atoms with Gasteiger partial charge in [0.2, 0.25) is 0 Å². The van der Waals surface area contributed by atoms with Gasteiger partial charge in [0.15, 0.2) is 0 Å². The first-order valence-electron chi connectivity index (χ1n) is 6.24. The van der Waals surface area contributed by atoms with Crippen LogP contribution in [0.25, 0.3) is 10.4 Å². The van der Waals surface area contributed by atoms with Gasteiger partial charge < -0.3 is 10.2 Å². The third kappa shape index (κ3) is 1.48. The van der Waals surface area contributed by atoms with E-state index in [0.29, 0.717) is 5.76 Å². The minimum absolute atomic E-state index is 0.106. The van der Waals surface area contributed by atoms with Crippen LogP contribution in [-0.4, -0.2) is 10.2 Å². The maximum absolute atomic E-state index is 9.76. The molecular weight excluding hydrogens is 256 g/mol. The SMILES string of the molecule is OC1=CC2c3cc(O)ccc3-c3sccc3[C@@H]2C=C1. The Morgan fingerprint density at radius 1 is 1.00 bits per heavy atom. The number of hydrogen-bond donors (Lipinski definition) is 2. The number of thiophene rings is 1. The van der Waals surface area contributed by atoms with Gasteiger partial charge >= 0.3 is 0 Å². The zero-order chi connectivity index (χ0) is 13.0. The van der Waals surface area contributed by atoms with Crippen LogP contribution in [-0.2, 0) is 0 Å². The summed E-state index contributed by atoms with van der Waals surface area (Å²) in [5.41, 5.74) is 3.58. The standard InChI is InChI=1S/C16H12O2S/c17-9-1-3-11-13-5-6-19-16(13)12-4-2-10(18)8-15(12)14(11)7-9/h1-8,11,14,17-18H/t11-,14?/m0/s1. The lowest BCUT2D eigenvalue weighted by Gasteiger charge is -2.32. The quantitative estimate of drug-likeness (QED) is 0.747. The highest BCUT2D eigenvalue weighted by atomic mass is 32.1. The van der Waals surface area contributed by atoms with Gasteiger partial charge in [-0.1, -0.05) is 6.08 Å². The molecule has 2 N–H and O–H groups in total. The lowest BCUT2D eigenvalue weighted by Crippen LogP contribution is -2.16. The third-order valence-corrected chi connectivity index (χ3v) is 4.87. The van der Waals surface area contributed by atoms with E-state index in [1.807, 2.05) is 18.2 Å². The van der Waals surface area contributed by atoms with Crippen LogP contribution in [0.4, 0.5) is 0 Å². The van der Waals surface area contributed by atoms with Crippen LogP contribution in [0.15, 0.2) is 53.6 Å². The van der Waals surface area contributed by atoms with Crippen molar-refractivity contribution in [1.29, 1.82) is 0 Å². The van der Waals surface area contributed by atoms with E-state index in [1.165, 1.54) is 16.0 Å². The fourth-order valence-electron chi connectivity index (χ4n) is 3.08. The van der Waals surface area contributed by atoms with Gasteiger partial charge in [-0.3, -0.25) is 0 Å². The van der Waals surface area contributed by atoms with Crippen LogP contribution >= 0.6 is 11.3 Å². The first kappa shape index (κ1) is 10.9. The highest BCUT2D eigenvalue weighted by molar-refractivity contribution is 7.13. The molecule has 94 valence electrons. The van der Waals surface area contributed by atoms with Gasteiger partial charge in [-0.2, -0.15) is 0 Å². The molecule has 19 heavy (non-hydrogen) atoms. The average molecular weight is 268 g/mol. The second kappa shape index (κ2) is 3.75. The van der Waals surface area contributed by atoms with Gasteiger partial charge in [0.25, 0.3) is 0 Å². The predicted octanol–water partition coefficient (Wildman–Crippen LogP) is 4.31. The zero-order valence-corrected chi connectivity index (χ0v) is 10.9. The van der Waals surface area contributed by atoms with Gasteiger partial charge in [-0.15, -0.1) is 11.3 Å². The predicted molar refractivity (Wildman–Crippen MR) is 76.8 cm³/mol. The van der Waals surface area contributed by atoms with Crippen LogP contribution in [0.1, 0.15) is 23.0 Å². The second-order valence-electron chi connectivity index (χ2n) is 4.98. The Kier molecular flexibility index (Phi) is 2.15. The molecule has 3 heteroatoms. The smallest absolute Gasteiger partial charge is 0.115 e. The Hall–Kier alpha value is -2.00. The molecule has 0 aliphatic heterocycles. The molecule has 1 aromatic heterocycles. The lowest BCUT2D eigenvalue weighted by molar-refractivity contribution is 0.420. The largest absolute Gasteiger partial charge is 0.508 e. The second-order valence-corrected chi connectivity index (χ2v) is 5.89. The fourth-order valence-corrected chi connectivity index (χ4v) is 4.08. The number of benzene rings is 1. The summed E-state index contributed by atoms with van der Waals surface area (Å²) in [7, 11) is 0. The maximum Gasteiger partial charge on any atom is 0.115 e. The van der Waals surface area contributed by atoms with Crippen LogP contribution < -0.4 is 0 Å². The van der Waals surface area contributed by atoms with Gasteiger partial charge in [-0.05, 0) is 58.5 Å². The molecular formula is C16H12O2S. The highest BCUT2D eigenvalue weighted by Gasteiger charge is 2.33. The number of rotatable bonds is 0. The Bertz CT molecular complexity index is 724. The molecule has 0 saturated carbocycles. The molecule has 2 nitrogen and oxygen atoms in total. The van der Waals surface area contributed by atoms with E-state index in [-0.39, 0.29) is 17.6 Å². The van der Waals surface area contributed by atoms with Crippen molar-refractivity contribution < 1.29 is 10.2 Å². The van der Waals surface area contributed by atoms with Crippen molar-refractivity contribution in [2.24, 2.45) is 0 Å². The molecule has 1 aromatic carbocycles. The summed E-state index contributed by atoms with van der Waals surface area (Å²) < 4.78 is 0. The van der Waals surface area contributed by atoms with Gasteiger partial charge in [-0.25, -0.2) is 0 Å². The van der Waals surface area contributed by atoms with Crippen molar-refractivity contribution in [2.45, 2.75) is 11.8 Å². The van der Waals surface area contributed by atoms with Crippen molar-refractivity contribution in [1.82, 2.24) is 0 Å². The summed E-state index contributed by atoms with van der Waals surface area (Å²) in [6.45, 7) is 0. The van der Waals surface area contributed by atoms with Crippen LogP contribution in [0, 0.1) is 0 Å². The average Bonchev–Trinajstić information content (AvgIpc) is 2.88. The molecule has 0 fully saturated rings. The van der Waals surface area contributed by atoms with Gasteiger partial charge in [0.1, 0.15) is 11.5 Å². The fraction of sp³-hybridized carbons (Fsp3) is 0.125. The van der Waals surface area contributed by atoms with Crippen molar-refractivity contribution in [2.75, 3.05) is 0 Å². The highest BCUT2D eigenvalue weighted by Crippen LogP contribution is 2.52. The molecule has 2 aliphatic carbocycles. The third-order valence-electron chi connectivity index (χ3n) is 3.91. The number of hydrogen-bond acceptors (Lipinski definition) is 3. The minimum atomic E-state index is 0.106. The van der Waals surface area contributed by atoms with E-state index >= 15 is 0 Å². The Labute approximate surface area is 115 Å². The summed E-state index contributed by atoms with van der Waals surface area (Å²) in [4.78, 5) is 1.27. The molecule has 1 unspecified atom stereocenters. The monoisotopic (exact) mass is 268 g/mol. The van der Waals surface area contributed by atoms with Crippen molar-refractivity contribution >= 4 is 11.3 Å². The summed E-state index contributed by atoms with van der Waals surface area (Å²) >= 11 is 1.73. The zero-order valence-electron chi connectivity index (χ0n) is 10.1. The van der Waals surface area contributed by atoms with Gasteiger partial charge in [0, 0.05) is 16.7 Å². The number of aromatic hydroxyl groups is 1. The lowest BCUT2D eigenvalue weighted by atomic mass is 9.72. The number of fused-ring (bicyclic) bond motifs is 6. The number of allylic oxidation sites excluding steroid dienone is 3. The maximum atomic E-state index is 9.76. The number of phenolic OH excluding ortho intramolecular Hbond substituents is 1. The van der Waals surface area contributed by atoms with E-state index in [0.717, 1.165) is 5.56 Å². The van der Waals surface area contributed by atoms with Crippen LogP contribution in [0.2, 0.25) is 0 Å². The van der Waals surface area contributed by atoms with Gasteiger partial charge in [0.05, 0.1) is 0 Å². The first-order chi connectivity index (χ1) is 9.24. The minimum Gasteiger partial charge on any atom is -0.508 e. The molecule has 0 radical (unpaired) electrons. The molecule has 2 aliphatic rings. The number of aliphatic hydroxyl groups excluding tert-OH is 1. The Morgan fingerprint density at radius 2 is 1.89 bits per heavy atom. The molecule has 0 spiro atoms. The van der Waals surface area contributed by atoms with E-state index in [2.05, 4.69) is 17.5 Å². The molecule has 0 saturated heterocycles. The van der Waals surface area contributed by atoms with Crippen LogP contribution in [0.5, 0.6) is 5.75 Å². The summed E-state index contributed by atoms with van der Waals surface area (Å²) in [5.74, 6) is 0.940. The molecule has 0 bridgehead atoms. The van der Waals surface area contributed by atoms with E-state index < -0.39 is 0 Å². The molecule has 4 rings (SSSR count). The van der Waals surface area contributed by atoms with Crippen molar-refractivity contribution in [3.63, 3.8) is 0 Å². The van der Waals surface area contributed by atoms with E-state index in [4.69, 9.17) is 0 Å². The topological polar surface area (TPSA) is 40.5 Å². The molecule has 0 amide bonds. The Balaban J connectivity index is 2.02. The number of aliphatic hydroxyl groups is 1. The normalized spacial score (nSPS) is 23.3. The first-order valence-corrected chi connectivity index (χ1v) is 7.11. The van der Waals surface area contributed by atoms with E-state index in [1.54, 1.807) is 23.5 Å². The summed E-state index contributed by atoms with van der Waals surface area (Å²) in [5, 5.41) is 21.6. The summed E-state index contributed by atoms with van der Waals surface area (Å²) in [6, 6.07) is 7.68. The molecule has 2 atom stereocenters.